The van der Waals surface area contributed by atoms with Gasteiger partial charge in [-0.2, -0.15) is 15.0 Å². The summed E-state index contributed by atoms with van der Waals surface area (Å²) in [6.45, 7) is 8.49. The van der Waals surface area contributed by atoms with Crippen molar-refractivity contribution >= 4 is 29.4 Å². The predicted octanol–water partition coefficient (Wildman–Crippen LogP) is 1.63. The quantitative estimate of drug-likeness (QED) is 0.114. The van der Waals surface area contributed by atoms with Gasteiger partial charge in [-0.05, 0) is 30.7 Å². The molecule has 3 rings (SSSR count). The highest BCUT2D eigenvalue weighted by Crippen LogP contribution is 2.17. The minimum atomic E-state index is -0.183. The number of nitrogens with two attached hydrogens (primary N) is 1. The summed E-state index contributed by atoms with van der Waals surface area (Å²) >= 11 is 0. The summed E-state index contributed by atoms with van der Waals surface area (Å²) < 4.78 is 12.7. The molecule has 2 aromatic heterocycles. The summed E-state index contributed by atoms with van der Waals surface area (Å²) in [5.74, 6) is 1.05. The maximum atomic E-state index is 12.4. The van der Waals surface area contributed by atoms with Gasteiger partial charge >= 0.3 is 0 Å². The minimum absolute atomic E-state index is 0.183. The normalized spacial score (nSPS) is 10.7. The van der Waals surface area contributed by atoms with Crippen molar-refractivity contribution in [3.8, 4) is 0 Å². The fraction of sp³-hybridized carbons (Fsp3) is 0.400. The second-order valence-electron chi connectivity index (χ2n) is 8.03. The standard InChI is InChI=1S/C25H36N10O3/c1-2-9-29-23-32-24(30-10-3-13-35-14-11-27-19-35)34-25(33-23)31-21-6-4-20(5-7-21)22(36)28-12-16-38-18-17-37-15-8-26/h2,4-7,11,14,19H,1,3,8-10,12-13,15-18,26H2,(H,28,36)(H3,29,30,31,32,33,34). The van der Waals surface area contributed by atoms with Gasteiger partial charge in [0.25, 0.3) is 5.91 Å². The first kappa shape index (κ1) is 28.5. The van der Waals surface area contributed by atoms with Crippen LogP contribution < -0.4 is 27.0 Å². The summed E-state index contributed by atoms with van der Waals surface area (Å²) in [4.78, 5) is 29.7. The van der Waals surface area contributed by atoms with Crippen LogP contribution in [0.15, 0.2) is 55.6 Å². The van der Waals surface area contributed by atoms with E-state index in [1.54, 1.807) is 42.9 Å². The van der Waals surface area contributed by atoms with E-state index in [9.17, 15) is 4.79 Å². The summed E-state index contributed by atoms with van der Waals surface area (Å²) in [6.07, 6.45) is 8.07. The summed E-state index contributed by atoms with van der Waals surface area (Å²) in [5, 5.41) is 12.3. The highest BCUT2D eigenvalue weighted by molar-refractivity contribution is 5.94. The molecule has 3 aromatic rings. The lowest BCUT2D eigenvalue weighted by Gasteiger charge is -2.11. The predicted molar refractivity (Wildman–Crippen MR) is 147 cm³/mol. The van der Waals surface area contributed by atoms with Crippen LogP contribution in [0.1, 0.15) is 16.8 Å². The highest BCUT2D eigenvalue weighted by atomic mass is 16.5. The fourth-order valence-electron chi connectivity index (χ4n) is 3.21. The van der Waals surface area contributed by atoms with E-state index in [-0.39, 0.29) is 5.91 Å². The summed E-state index contributed by atoms with van der Waals surface area (Å²) in [7, 11) is 0. The lowest BCUT2D eigenvalue weighted by Crippen LogP contribution is -2.27. The lowest BCUT2D eigenvalue weighted by molar-refractivity contribution is 0.0511. The van der Waals surface area contributed by atoms with Crippen molar-refractivity contribution in [2.75, 3.05) is 68.6 Å². The van der Waals surface area contributed by atoms with Crippen LogP contribution in [0.3, 0.4) is 0 Å². The summed E-state index contributed by atoms with van der Waals surface area (Å²) in [6, 6.07) is 7.04. The first-order valence-electron chi connectivity index (χ1n) is 12.5. The molecule has 38 heavy (non-hydrogen) atoms. The molecule has 0 atom stereocenters. The van der Waals surface area contributed by atoms with Gasteiger partial charge in [0.2, 0.25) is 17.8 Å². The average molecular weight is 525 g/mol. The average Bonchev–Trinajstić information content (AvgIpc) is 3.45. The number of nitrogens with zero attached hydrogens (tertiary/aromatic N) is 5. The molecule has 1 aromatic carbocycles. The first-order chi connectivity index (χ1) is 18.7. The molecule has 2 heterocycles. The molecule has 13 heteroatoms. The van der Waals surface area contributed by atoms with Crippen molar-refractivity contribution in [3.63, 3.8) is 0 Å². The monoisotopic (exact) mass is 524 g/mol. The van der Waals surface area contributed by atoms with Crippen LogP contribution in [0.25, 0.3) is 0 Å². The Morgan fingerprint density at radius 3 is 2.42 bits per heavy atom. The highest BCUT2D eigenvalue weighted by Gasteiger charge is 2.09. The number of aryl methyl sites for hydroxylation is 1. The third kappa shape index (κ3) is 10.5. The van der Waals surface area contributed by atoms with Crippen LogP contribution in [-0.4, -0.2) is 83.0 Å². The maximum Gasteiger partial charge on any atom is 0.251 e. The van der Waals surface area contributed by atoms with Gasteiger partial charge < -0.3 is 41.0 Å². The number of aromatic nitrogens is 5. The Morgan fingerprint density at radius 1 is 0.974 bits per heavy atom. The number of ether oxygens (including phenoxy) is 2. The van der Waals surface area contributed by atoms with Crippen LogP contribution in [-0.2, 0) is 16.0 Å². The molecular weight excluding hydrogens is 488 g/mol. The molecule has 0 saturated carbocycles. The number of benzene rings is 1. The molecule has 0 aliphatic rings. The number of anilines is 4. The SMILES string of the molecule is C=CCNc1nc(NCCCn2ccnc2)nc(Nc2ccc(C(=O)NCCOCCOCCN)cc2)n1. The van der Waals surface area contributed by atoms with E-state index in [0.29, 0.717) is 76.0 Å². The molecule has 0 aliphatic heterocycles. The minimum Gasteiger partial charge on any atom is -0.378 e. The Balaban J connectivity index is 1.49. The molecule has 0 fully saturated rings. The van der Waals surface area contributed by atoms with E-state index < -0.39 is 0 Å². The number of imidazole rings is 1. The molecule has 0 aliphatic carbocycles. The second kappa shape index (κ2) is 16.6. The van der Waals surface area contributed by atoms with Crippen molar-refractivity contribution in [3.05, 3.63) is 61.2 Å². The van der Waals surface area contributed by atoms with Crippen LogP contribution >= 0.6 is 0 Å². The molecular formula is C25H36N10O3. The number of hydrogen-bond acceptors (Lipinski definition) is 11. The fourth-order valence-corrected chi connectivity index (χ4v) is 3.21. The van der Waals surface area contributed by atoms with Gasteiger partial charge in [-0.15, -0.1) is 6.58 Å². The number of carbonyl (C=O) groups excluding carboxylic acids is 1. The number of amides is 1. The van der Waals surface area contributed by atoms with E-state index in [4.69, 9.17) is 15.2 Å². The maximum absolute atomic E-state index is 12.4. The van der Waals surface area contributed by atoms with Crippen LogP contribution in [0.4, 0.5) is 23.5 Å². The molecule has 0 spiro atoms. The Bertz CT molecular complexity index is 1090. The number of carbonyl (C=O) groups is 1. The molecule has 1 amide bonds. The van der Waals surface area contributed by atoms with Crippen molar-refractivity contribution in [1.29, 1.82) is 0 Å². The molecule has 0 bridgehead atoms. The molecule has 204 valence electrons. The zero-order valence-electron chi connectivity index (χ0n) is 21.4. The van der Waals surface area contributed by atoms with Crippen molar-refractivity contribution in [2.45, 2.75) is 13.0 Å². The van der Waals surface area contributed by atoms with Gasteiger partial charge in [-0.3, -0.25) is 4.79 Å². The second-order valence-corrected chi connectivity index (χ2v) is 8.03. The van der Waals surface area contributed by atoms with Gasteiger partial charge in [0, 0.05) is 56.4 Å². The van der Waals surface area contributed by atoms with E-state index in [0.717, 1.165) is 18.7 Å². The number of nitrogens with one attached hydrogen (secondary N) is 4. The zero-order chi connectivity index (χ0) is 26.8. The third-order valence-corrected chi connectivity index (χ3v) is 5.04. The van der Waals surface area contributed by atoms with Crippen molar-refractivity contribution < 1.29 is 14.3 Å². The number of rotatable bonds is 19. The van der Waals surface area contributed by atoms with Gasteiger partial charge in [-0.1, -0.05) is 6.08 Å². The van der Waals surface area contributed by atoms with E-state index in [2.05, 4.69) is 47.8 Å². The van der Waals surface area contributed by atoms with Crippen LogP contribution in [0, 0.1) is 0 Å². The topological polar surface area (TPSA) is 166 Å². The molecule has 6 N–H and O–H groups in total. The molecule has 0 radical (unpaired) electrons. The Hall–Kier alpha value is -4.07. The van der Waals surface area contributed by atoms with Gasteiger partial charge in [0.15, 0.2) is 0 Å². The zero-order valence-corrected chi connectivity index (χ0v) is 21.4. The largest absolute Gasteiger partial charge is 0.378 e. The van der Waals surface area contributed by atoms with Crippen LogP contribution in [0.2, 0.25) is 0 Å². The Kier molecular flexibility index (Phi) is 12.5. The smallest absolute Gasteiger partial charge is 0.251 e. The molecule has 0 unspecified atom stereocenters. The summed E-state index contributed by atoms with van der Waals surface area (Å²) in [5.41, 5.74) is 6.62. The van der Waals surface area contributed by atoms with Crippen molar-refractivity contribution in [1.82, 2.24) is 29.8 Å². The first-order valence-corrected chi connectivity index (χ1v) is 12.5. The third-order valence-electron chi connectivity index (χ3n) is 5.04. The van der Waals surface area contributed by atoms with E-state index in [1.807, 2.05) is 10.8 Å². The molecule has 0 saturated heterocycles. The van der Waals surface area contributed by atoms with Gasteiger partial charge in [-0.25, -0.2) is 4.98 Å². The lowest BCUT2D eigenvalue weighted by atomic mass is 10.2. The van der Waals surface area contributed by atoms with Gasteiger partial charge in [0.1, 0.15) is 0 Å². The Labute approximate surface area is 222 Å². The number of hydrogen-bond donors (Lipinski definition) is 5. The molecule has 13 nitrogen and oxygen atoms in total. The Morgan fingerprint density at radius 2 is 1.71 bits per heavy atom. The van der Waals surface area contributed by atoms with Crippen LogP contribution in [0.5, 0.6) is 0 Å². The van der Waals surface area contributed by atoms with Crippen molar-refractivity contribution in [2.24, 2.45) is 5.73 Å². The van der Waals surface area contributed by atoms with Gasteiger partial charge in [0.05, 0.1) is 32.8 Å². The van der Waals surface area contributed by atoms with E-state index >= 15 is 0 Å². The van der Waals surface area contributed by atoms with E-state index in [1.165, 1.54) is 0 Å².